The summed E-state index contributed by atoms with van der Waals surface area (Å²) in [6.45, 7) is 3.54. The summed E-state index contributed by atoms with van der Waals surface area (Å²) in [5, 5.41) is 13.6. The molecule has 1 aliphatic heterocycles. The average Bonchev–Trinajstić information content (AvgIpc) is 2.94. The van der Waals surface area contributed by atoms with E-state index in [0.29, 0.717) is 5.71 Å². The Morgan fingerprint density at radius 2 is 1.73 bits per heavy atom. The zero-order valence-electron chi connectivity index (χ0n) is 12.5. The predicted octanol–water partition coefficient (Wildman–Crippen LogP) is 3.18. The van der Waals surface area contributed by atoms with Crippen LogP contribution in [0.3, 0.4) is 0 Å². The van der Waals surface area contributed by atoms with Gasteiger partial charge in [-0.05, 0) is 43.7 Å². The number of Topliss-reactive ketones (excluding diaryl/α,β-unsaturated/α-hetero) is 1. The maximum Gasteiger partial charge on any atom is 0.197 e. The van der Waals surface area contributed by atoms with Crippen LogP contribution >= 0.6 is 0 Å². The average molecular weight is 295 g/mol. The van der Waals surface area contributed by atoms with Gasteiger partial charge >= 0.3 is 0 Å². The van der Waals surface area contributed by atoms with Gasteiger partial charge in [-0.2, -0.15) is 0 Å². The number of hydrogen-bond donors (Lipinski definition) is 1. The van der Waals surface area contributed by atoms with Crippen molar-refractivity contribution in [2.24, 2.45) is 5.16 Å². The van der Waals surface area contributed by atoms with Gasteiger partial charge in [0.05, 0.1) is 11.6 Å². The summed E-state index contributed by atoms with van der Waals surface area (Å²) < 4.78 is 0. The van der Waals surface area contributed by atoms with Gasteiger partial charge < -0.3 is 9.94 Å². The standard InChI is InChI=1S/C18H17NO3/c1-11-3-5-13(6-4-11)16-17(19-22-18(16)12(2)20)14-7-9-15(21)10-8-14/h3-10,16,18,21H,1-2H3. The normalized spacial score (nSPS) is 20.4. The lowest BCUT2D eigenvalue weighted by molar-refractivity contribution is -0.127. The molecular formula is C18H17NO3. The van der Waals surface area contributed by atoms with Crippen molar-refractivity contribution in [1.82, 2.24) is 0 Å². The van der Waals surface area contributed by atoms with Gasteiger partial charge in [-0.1, -0.05) is 35.0 Å². The predicted molar refractivity (Wildman–Crippen MR) is 84.1 cm³/mol. The molecule has 0 radical (unpaired) electrons. The SMILES string of the molecule is CC(=O)C1ON=C(c2ccc(O)cc2)C1c1ccc(C)cc1. The molecule has 0 saturated heterocycles. The van der Waals surface area contributed by atoms with Gasteiger partial charge in [-0.25, -0.2) is 0 Å². The maximum absolute atomic E-state index is 11.9. The molecule has 0 bridgehead atoms. The molecule has 2 aromatic carbocycles. The lowest BCUT2D eigenvalue weighted by Gasteiger charge is -2.17. The second-order valence-corrected chi connectivity index (χ2v) is 5.55. The molecule has 2 aromatic rings. The molecule has 1 heterocycles. The molecule has 0 spiro atoms. The van der Waals surface area contributed by atoms with Gasteiger partial charge in [0.25, 0.3) is 0 Å². The Balaban J connectivity index is 2.03. The lowest BCUT2D eigenvalue weighted by Crippen LogP contribution is -2.28. The van der Waals surface area contributed by atoms with Crippen LogP contribution in [0.5, 0.6) is 5.75 Å². The van der Waals surface area contributed by atoms with E-state index in [9.17, 15) is 9.90 Å². The van der Waals surface area contributed by atoms with Crippen molar-refractivity contribution in [3.63, 3.8) is 0 Å². The molecule has 112 valence electrons. The van der Waals surface area contributed by atoms with E-state index in [0.717, 1.165) is 16.7 Å². The summed E-state index contributed by atoms with van der Waals surface area (Å²) in [4.78, 5) is 17.3. The first-order valence-corrected chi connectivity index (χ1v) is 7.16. The van der Waals surface area contributed by atoms with E-state index in [1.807, 2.05) is 31.2 Å². The Morgan fingerprint density at radius 1 is 1.09 bits per heavy atom. The first-order chi connectivity index (χ1) is 10.6. The molecule has 22 heavy (non-hydrogen) atoms. The topological polar surface area (TPSA) is 58.9 Å². The smallest absolute Gasteiger partial charge is 0.197 e. The number of aromatic hydroxyl groups is 1. The zero-order chi connectivity index (χ0) is 15.7. The number of phenolic OH excluding ortho intramolecular Hbond substituents is 1. The molecule has 4 nitrogen and oxygen atoms in total. The minimum atomic E-state index is -0.605. The van der Waals surface area contributed by atoms with E-state index in [4.69, 9.17) is 4.84 Å². The van der Waals surface area contributed by atoms with Crippen LogP contribution in [0.4, 0.5) is 0 Å². The zero-order valence-corrected chi connectivity index (χ0v) is 12.5. The summed E-state index contributed by atoms with van der Waals surface area (Å²) >= 11 is 0. The Kier molecular flexibility index (Phi) is 3.67. The summed E-state index contributed by atoms with van der Waals surface area (Å²) in [6.07, 6.45) is -0.605. The fourth-order valence-electron chi connectivity index (χ4n) is 2.65. The van der Waals surface area contributed by atoms with Gasteiger partial charge in [-0.3, -0.25) is 4.79 Å². The first-order valence-electron chi connectivity index (χ1n) is 7.16. The van der Waals surface area contributed by atoms with Crippen LogP contribution in [0.15, 0.2) is 53.7 Å². The number of ketones is 1. The molecule has 0 saturated carbocycles. The molecule has 0 amide bonds. The highest BCUT2D eigenvalue weighted by molar-refractivity contribution is 6.09. The Morgan fingerprint density at radius 3 is 2.32 bits per heavy atom. The second kappa shape index (κ2) is 5.64. The fraction of sp³-hybridized carbons (Fsp3) is 0.222. The van der Waals surface area contributed by atoms with E-state index in [1.165, 1.54) is 6.92 Å². The molecule has 1 N–H and O–H groups in total. The third-order valence-electron chi connectivity index (χ3n) is 3.86. The highest BCUT2D eigenvalue weighted by Crippen LogP contribution is 2.33. The minimum absolute atomic E-state index is 0.0527. The fourth-order valence-corrected chi connectivity index (χ4v) is 2.65. The second-order valence-electron chi connectivity index (χ2n) is 5.55. The highest BCUT2D eigenvalue weighted by atomic mass is 16.6. The third kappa shape index (κ3) is 2.60. The van der Waals surface area contributed by atoms with Crippen LogP contribution in [0, 0.1) is 6.92 Å². The molecule has 1 aliphatic rings. The maximum atomic E-state index is 11.9. The molecule has 0 aromatic heterocycles. The van der Waals surface area contributed by atoms with Crippen LogP contribution in [0.2, 0.25) is 0 Å². The number of nitrogens with zero attached hydrogens (tertiary/aromatic N) is 1. The van der Waals surface area contributed by atoms with Gasteiger partial charge in [0.15, 0.2) is 11.9 Å². The molecule has 4 heteroatoms. The van der Waals surface area contributed by atoms with Gasteiger partial charge in [0.2, 0.25) is 0 Å². The van der Waals surface area contributed by atoms with Crippen molar-refractivity contribution >= 4 is 11.5 Å². The van der Waals surface area contributed by atoms with Crippen molar-refractivity contribution in [3.05, 3.63) is 65.2 Å². The number of carbonyl (C=O) groups excluding carboxylic acids is 1. The highest BCUT2D eigenvalue weighted by Gasteiger charge is 2.39. The van der Waals surface area contributed by atoms with Crippen LogP contribution in [-0.4, -0.2) is 22.7 Å². The summed E-state index contributed by atoms with van der Waals surface area (Å²) in [5.41, 5.74) is 3.71. The monoisotopic (exact) mass is 295 g/mol. The van der Waals surface area contributed by atoms with Crippen molar-refractivity contribution < 1.29 is 14.7 Å². The number of aryl methyl sites for hydroxylation is 1. The van der Waals surface area contributed by atoms with E-state index in [1.54, 1.807) is 24.3 Å². The number of benzene rings is 2. The number of hydrogen-bond acceptors (Lipinski definition) is 4. The van der Waals surface area contributed by atoms with Gasteiger partial charge in [0.1, 0.15) is 5.75 Å². The Bertz CT molecular complexity index is 717. The molecule has 0 aliphatic carbocycles. The summed E-state index contributed by atoms with van der Waals surface area (Å²) in [7, 11) is 0. The van der Waals surface area contributed by atoms with Crippen LogP contribution in [-0.2, 0) is 9.63 Å². The molecule has 2 atom stereocenters. The molecule has 3 rings (SSSR count). The lowest BCUT2D eigenvalue weighted by atomic mass is 9.84. The summed E-state index contributed by atoms with van der Waals surface area (Å²) in [6, 6.07) is 14.8. The van der Waals surface area contributed by atoms with Crippen molar-refractivity contribution in [1.29, 1.82) is 0 Å². The third-order valence-corrected chi connectivity index (χ3v) is 3.86. The Labute approximate surface area is 129 Å². The molecular weight excluding hydrogens is 278 g/mol. The van der Waals surface area contributed by atoms with Crippen molar-refractivity contribution in [2.45, 2.75) is 25.9 Å². The molecule has 2 unspecified atom stereocenters. The Hall–Kier alpha value is -2.62. The van der Waals surface area contributed by atoms with E-state index in [-0.39, 0.29) is 17.5 Å². The van der Waals surface area contributed by atoms with Gasteiger partial charge in [0, 0.05) is 5.56 Å². The largest absolute Gasteiger partial charge is 0.508 e. The van der Waals surface area contributed by atoms with Crippen LogP contribution < -0.4 is 0 Å². The van der Waals surface area contributed by atoms with Crippen LogP contribution in [0.25, 0.3) is 0 Å². The first kappa shape index (κ1) is 14.3. The number of phenols is 1. The minimum Gasteiger partial charge on any atom is -0.508 e. The number of carbonyl (C=O) groups is 1. The van der Waals surface area contributed by atoms with Crippen molar-refractivity contribution in [3.8, 4) is 5.75 Å². The van der Waals surface area contributed by atoms with Crippen molar-refractivity contribution in [2.75, 3.05) is 0 Å². The van der Waals surface area contributed by atoms with Gasteiger partial charge in [-0.15, -0.1) is 0 Å². The quantitative estimate of drug-likeness (QED) is 0.946. The van der Waals surface area contributed by atoms with Crippen LogP contribution in [0.1, 0.15) is 29.5 Å². The molecule has 0 fully saturated rings. The number of rotatable bonds is 3. The van der Waals surface area contributed by atoms with E-state index < -0.39 is 6.10 Å². The summed E-state index contributed by atoms with van der Waals surface area (Å²) in [5.74, 6) is -0.0935. The number of oxime groups is 1. The van der Waals surface area contributed by atoms with E-state index >= 15 is 0 Å². The van der Waals surface area contributed by atoms with E-state index in [2.05, 4.69) is 5.16 Å².